The topological polar surface area (TPSA) is 72.9 Å². The summed E-state index contributed by atoms with van der Waals surface area (Å²) in [6.45, 7) is 2.23. The Balaban J connectivity index is 2.60. The molecule has 0 saturated heterocycles. The van der Waals surface area contributed by atoms with Gasteiger partial charge < -0.3 is 10.0 Å². The number of rotatable bonds is 8. The van der Waals surface area contributed by atoms with Gasteiger partial charge in [-0.3, -0.25) is 0 Å². The van der Waals surface area contributed by atoms with E-state index in [1.165, 1.54) is 11.4 Å². The molecule has 0 fully saturated rings. The summed E-state index contributed by atoms with van der Waals surface area (Å²) in [6.07, 6.45) is 0. The first-order valence-corrected chi connectivity index (χ1v) is 8.18. The first kappa shape index (κ1) is 18.1. The summed E-state index contributed by atoms with van der Waals surface area (Å²) < 4.78 is 28.0. The summed E-state index contributed by atoms with van der Waals surface area (Å²) >= 11 is 0. The highest BCUT2D eigenvalue weighted by molar-refractivity contribution is 7.87. The van der Waals surface area contributed by atoms with Crippen LogP contribution in [0.15, 0.2) is 30.3 Å². The minimum absolute atomic E-state index is 0.0351. The summed E-state index contributed by atoms with van der Waals surface area (Å²) in [5.74, 6) is 0. The number of nitrogens with one attached hydrogen (secondary N) is 1. The molecule has 0 saturated carbocycles. The van der Waals surface area contributed by atoms with E-state index in [1.54, 1.807) is 6.92 Å². The zero-order chi connectivity index (χ0) is 16.1. The average molecular weight is 315 g/mol. The van der Waals surface area contributed by atoms with E-state index in [4.69, 9.17) is 0 Å². The Labute approximate surface area is 127 Å². The summed E-state index contributed by atoms with van der Waals surface area (Å²) in [4.78, 5) is 1.81. The Hall–Kier alpha value is -0.990. The molecule has 0 aliphatic rings. The van der Waals surface area contributed by atoms with Gasteiger partial charge in [-0.05, 0) is 26.6 Å². The molecular formula is C14H25N3O3S. The average Bonchev–Trinajstić information content (AvgIpc) is 2.36. The molecule has 0 spiro atoms. The van der Waals surface area contributed by atoms with Crippen molar-refractivity contribution in [3.8, 4) is 0 Å². The maximum Gasteiger partial charge on any atom is 0.279 e. The number of nitrogens with zero attached hydrogens (tertiary/aromatic N) is 2. The first-order valence-electron chi connectivity index (χ1n) is 6.74. The van der Waals surface area contributed by atoms with E-state index in [9.17, 15) is 13.5 Å². The van der Waals surface area contributed by atoms with Crippen LogP contribution in [-0.4, -0.2) is 62.6 Å². The van der Waals surface area contributed by atoms with E-state index in [0.29, 0.717) is 6.54 Å². The molecule has 0 aliphatic carbocycles. The van der Waals surface area contributed by atoms with Crippen LogP contribution in [0.1, 0.15) is 12.5 Å². The third-order valence-electron chi connectivity index (χ3n) is 2.95. The van der Waals surface area contributed by atoms with Gasteiger partial charge in [0.1, 0.15) is 0 Å². The van der Waals surface area contributed by atoms with E-state index in [0.717, 1.165) is 5.56 Å². The minimum atomic E-state index is -3.62. The van der Waals surface area contributed by atoms with Crippen LogP contribution in [0.3, 0.4) is 0 Å². The van der Waals surface area contributed by atoms with Crippen LogP contribution in [-0.2, 0) is 16.8 Å². The lowest BCUT2D eigenvalue weighted by Gasteiger charge is -2.28. The minimum Gasteiger partial charge on any atom is -0.387 e. The number of benzene rings is 1. The fourth-order valence-corrected chi connectivity index (χ4v) is 3.05. The lowest BCUT2D eigenvalue weighted by atomic mass is 10.1. The molecule has 1 unspecified atom stereocenters. The van der Waals surface area contributed by atoms with Crippen LogP contribution in [0.25, 0.3) is 0 Å². The van der Waals surface area contributed by atoms with Crippen LogP contribution in [0, 0.1) is 0 Å². The first-order chi connectivity index (χ1) is 9.62. The molecule has 0 aliphatic heterocycles. The van der Waals surface area contributed by atoms with Crippen LogP contribution >= 0.6 is 0 Å². The van der Waals surface area contributed by atoms with Crippen molar-refractivity contribution in [2.24, 2.45) is 0 Å². The van der Waals surface area contributed by atoms with E-state index >= 15 is 0 Å². The molecule has 6 nitrogen and oxygen atoms in total. The van der Waals surface area contributed by atoms with Gasteiger partial charge in [-0.1, -0.05) is 30.3 Å². The van der Waals surface area contributed by atoms with Gasteiger partial charge in [-0.25, -0.2) is 0 Å². The molecule has 21 heavy (non-hydrogen) atoms. The van der Waals surface area contributed by atoms with Crippen molar-refractivity contribution >= 4 is 10.2 Å². The highest BCUT2D eigenvalue weighted by atomic mass is 32.2. The smallest absolute Gasteiger partial charge is 0.279 e. The van der Waals surface area contributed by atoms with Gasteiger partial charge in [0.2, 0.25) is 0 Å². The van der Waals surface area contributed by atoms with Crippen molar-refractivity contribution in [1.29, 1.82) is 0 Å². The largest absolute Gasteiger partial charge is 0.387 e. The Morgan fingerprint density at radius 2 is 1.76 bits per heavy atom. The molecular weight excluding hydrogens is 290 g/mol. The standard InChI is InChI=1S/C14H25N3O3S/c1-14(18,12-16(2)3)11-15-21(19,20)17(4)10-13-8-6-5-7-9-13/h5-9,15,18H,10-12H2,1-4H3. The molecule has 0 bridgehead atoms. The number of hydrogen-bond donors (Lipinski definition) is 2. The normalized spacial score (nSPS) is 15.4. The Bertz CT molecular complexity index is 530. The molecule has 1 aromatic rings. The van der Waals surface area contributed by atoms with E-state index in [1.807, 2.05) is 49.3 Å². The fraction of sp³-hybridized carbons (Fsp3) is 0.571. The van der Waals surface area contributed by atoms with Crippen molar-refractivity contribution < 1.29 is 13.5 Å². The van der Waals surface area contributed by atoms with Crippen molar-refractivity contribution in [1.82, 2.24) is 13.9 Å². The highest BCUT2D eigenvalue weighted by Crippen LogP contribution is 2.08. The molecule has 0 aromatic heterocycles. The van der Waals surface area contributed by atoms with Crippen LogP contribution in [0.4, 0.5) is 0 Å². The Kier molecular flexibility index (Phi) is 6.30. The molecule has 1 atom stereocenters. The fourth-order valence-electron chi connectivity index (χ4n) is 2.02. The van der Waals surface area contributed by atoms with Gasteiger partial charge in [0.25, 0.3) is 10.2 Å². The van der Waals surface area contributed by atoms with Crippen molar-refractivity contribution in [3.63, 3.8) is 0 Å². The maximum atomic E-state index is 12.2. The summed E-state index contributed by atoms with van der Waals surface area (Å²) in [5.41, 5.74) is -0.213. The van der Waals surface area contributed by atoms with Crippen molar-refractivity contribution in [3.05, 3.63) is 35.9 Å². The zero-order valence-electron chi connectivity index (χ0n) is 13.1. The molecule has 1 rings (SSSR count). The van der Waals surface area contributed by atoms with Gasteiger partial charge in [0.05, 0.1) is 5.60 Å². The Morgan fingerprint density at radius 1 is 1.19 bits per heavy atom. The van der Waals surface area contributed by atoms with E-state index in [2.05, 4.69) is 4.72 Å². The van der Waals surface area contributed by atoms with Crippen LogP contribution in [0.2, 0.25) is 0 Å². The predicted molar refractivity (Wildman–Crippen MR) is 84.0 cm³/mol. The maximum absolute atomic E-state index is 12.2. The summed E-state index contributed by atoms with van der Waals surface area (Å²) in [7, 11) is 1.54. The monoisotopic (exact) mass is 315 g/mol. The molecule has 7 heteroatoms. The molecule has 0 amide bonds. The van der Waals surface area contributed by atoms with Gasteiger partial charge in [0.15, 0.2) is 0 Å². The quantitative estimate of drug-likeness (QED) is 0.722. The predicted octanol–water partition coefficient (Wildman–Crippen LogP) is 0.265. The third kappa shape index (κ3) is 6.54. The van der Waals surface area contributed by atoms with E-state index in [-0.39, 0.29) is 13.1 Å². The Morgan fingerprint density at radius 3 is 2.29 bits per heavy atom. The van der Waals surface area contributed by atoms with Crippen molar-refractivity contribution in [2.75, 3.05) is 34.2 Å². The second-order valence-corrected chi connectivity index (χ2v) is 7.66. The third-order valence-corrected chi connectivity index (χ3v) is 4.41. The SMILES string of the molecule is CN(C)CC(C)(O)CNS(=O)(=O)N(C)Cc1ccccc1. The lowest BCUT2D eigenvalue weighted by molar-refractivity contribution is 0.0383. The van der Waals surface area contributed by atoms with Gasteiger partial charge >= 0.3 is 0 Å². The molecule has 0 radical (unpaired) electrons. The second-order valence-electron chi connectivity index (χ2n) is 5.80. The number of likely N-dealkylation sites (N-methyl/N-ethyl adjacent to an activating group) is 1. The van der Waals surface area contributed by atoms with Gasteiger partial charge in [-0.15, -0.1) is 0 Å². The molecule has 120 valence electrons. The number of aliphatic hydroxyl groups is 1. The lowest BCUT2D eigenvalue weighted by Crippen LogP contribution is -2.49. The van der Waals surface area contributed by atoms with Gasteiger partial charge in [-0.2, -0.15) is 17.4 Å². The van der Waals surface area contributed by atoms with E-state index < -0.39 is 15.8 Å². The van der Waals surface area contributed by atoms with Gasteiger partial charge in [0, 0.05) is 26.7 Å². The molecule has 0 heterocycles. The second kappa shape index (κ2) is 7.33. The van der Waals surface area contributed by atoms with Crippen molar-refractivity contribution in [2.45, 2.75) is 19.1 Å². The zero-order valence-corrected chi connectivity index (χ0v) is 13.9. The summed E-state index contributed by atoms with van der Waals surface area (Å²) in [6, 6.07) is 9.35. The highest BCUT2D eigenvalue weighted by Gasteiger charge is 2.26. The van der Waals surface area contributed by atoms with Crippen LogP contribution < -0.4 is 4.72 Å². The molecule has 1 aromatic carbocycles. The van der Waals surface area contributed by atoms with Crippen LogP contribution in [0.5, 0.6) is 0 Å². The summed E-state index contributed by atoms with van der Waals surface area (Å²) in [5, 5.41) is 10.1. The molecule has 2 N–H and O–H groups in total. The number of hydrogen-bond acceptors (Lipinski definition) is 4.